The van der Waals surface area contributed by atoms with Crippen molar-refractivity contribution in [2.24, 2.45) is 0 Å². The molecule has 0 bridgehead atoms. The highest BCUT2D eigenvalue weighted by Gasteiger charge is 2.19. The minimum atomic E-state index is -3.79. The summed E-state index contributed by atoms with van der Waals surface area (Å²) in [5.74, 6) is 0. The van der Waals surface area contributed by atoms with Gasteiger partial charge in [-0.3, -0.25) is 14.4 Å². The van der Waals surface area contributed by atoms with Crippen LogP contribution in [0, 0.1) is 0 Å². The van der Waals surface area contributed by atoms with E-state index in [-0.39, 0.29) is 4.90 Å². The minimum absolute atomic E-state index is 0.131. The Morgan fingerprint density at radius 3 is 2.63 bits per heavy atom. The van der Waals surface area contributed by atoms with Crippen molar-refractivity contribution in [3.63, 3.8) is 0 Å². The van der Waals surface area contributed by atoms with Crippen LogP contribution in [0.4, 0.5) is 5.69 Å². The summed E-state index contributed by atoms with van der Waals surface area (Å²) in [6.07, 6.45) is 4.70. The van der Waals surface area contributed by atoms with Crippen LogP contribution in [-0.4, -0.2) is 23.2 Å². The third-order valence-electron chi connectivity index (χ3n) is 4.03. The van der Waals surface area contributed by atoms with Crippen LogP contribution in [0.1, 0.15) is 5.56 Å². The average molecular weight is 399 g/mol. The first-order valence-corrected chi connectivity index (χ1v) is 10.0. The molecule has 0 amide bonds. The number of aromatic nitrogens is 3. The highest BCUT2D eigenvalue weighted by atomic mass is 35.5. The maximum Gasteiger partial charge on any atom is 0.264 e. The topological polar surface area (TPSA) is 76.9 Å². The van der Waals surface area contributed by atoms with Crippen molar-refractivity contribution >= 4 is 38.2 Å². The van der Waals surface area contributed by atoms with Gasteiger partial charge in [-0.2, -0.15) is 5.10 Å². The van der Waals surface area contributed by atoms with Gasteiger partial charge in [-0.1, -0.05) is 41.9 Å². The normalized spacial score (nSPS) is 11.6. The molecule has 136 valence electrons. The van der Waals surface area contributed by atoms with Gasteiger partial charge in [0, 0.05) is 22.8 Å². The average Bonchev–Trinajstić information content (AvgIpc) is 3.09. The van der Waals surface area contributed by atoms with Crippen LogP contribution in [0.5, 0.6) is 0 Å². The number of nitrogens with one attached hydrogen (secondary N) is 1. The first-order chi connectivity index (χ1) is 13.0. The van der Waals surface area contributed by atoms with Crippen molar-refractivity contribution in [1.82, 2.24) is 14.8 Å². The van der Waals surface area contributed by atoms with Gasteiger partial charge in [-0.15, -0.1) is 0 Å². The number of pyridine rings is 1. The van der Waals surface area contributed by atoms with Gasteiger partial charge in [-0.05, 0) is 29.8 Å². The van der Waals surface area contributed by atoms with Crippen LogP contribution in [0.2, 0.25) is 5.02 Å². The van der Waals surface area contributed by atoms with Crippen molar-refractivity contribution in [3.05, 3.63) is 83.8 Å². The van der Waals surface area contributed by atoms with E-state index in [0.29, 0.717) is 22.8 Å². The molecule has 0 radical (unpaired) electrons. The Hall–Kier alpha value is -2.90. The second-order valence-electron chi connectivity index (χ2n) is 5.99. The zero-order chi connectivity index (χ0) is 18.9. The number of sulfonamides is 1. The number of benzene rings is 2. The summed E-state index contributed by atoms with van der Waals surface area (Å²) < 4.78 is 29.9. The number of para-hydroxylation sites is 1. The fourth-order valence-corrected chi connectivity index (χ4v) is 4.12. The van der Waals surface area contributed by atoms with E-state index < -0.39 is 10.0 Å². The number of hydrogen-bond donors (Lipinski definition) is 1. The number of hydrogen-bond acceptors (Lipinski definition) is 4. The Labute approximate surface area is 161 Å². The van der Waals surface area contributed by atoms with Gasteiger partial charge in [0.2, 0.25) is 0 Å². The van der Waals surface area contributed by atoms with Gasteiger partial charge < -0.3 is 0 Å². The molecule has 8 heteroatoms. The fourth-order valence-electron chi connectivity index (χ4n) is 2.78. The molecule has 0 aliphatic carbocycles. The molecule has 0 fully saturated rings. The van der Waals surface area contributed by atoms with Gasteiger partial charge in [-0.25, -0.2) is 8.42 Å². The lowest BCUT2D eigenvalue weighted by atomic mass is 10.2. The molecular weight excluding hydrogens is 384 g/mol. The molecule has 0 spiro atoms. The molecule has 27 heavy (non-hydrogen) atoms. The Balaban J connectivity index is 1.58. The Morgan fingerprint density at radius 1 is 1.04 bits per heavy atom. The molecule has 4 aromatic rings. The third kappa shape index (κ3) is 3.79. The summed E-state index contributed by atoms with van der Waals surface area (Å²) >= 11 is 5.89. The van der Waals surface area contributed by atoms with Crippen LogP contribution in [-0.2, 0) is 16.6 Å². The molecule has 6 nitrogen and oxygen atoms in total. The SMILES string of the molecule is O=S(=O)(Nc1cnn(Cc2ccc(Cl)cc2)c1)c1cccc2cccnc12. The lowest BCUT2D eigenvalue weighted by Crippen LogP contribution is -2.13. The van der Waals surface area contributed by atoms with Crippen LogP contribution < -0.4 is 4.72 Å². The predicted octanol–water partition coefficient (Wildman–Crippen LogP) is 3.93. The van der Waals surface area contributed by atoms with Gasteiger partial charge in [0.05, 0.1) is 23.9 Å². The number of rotatable bonds is 5. The third-order valence-corrected chi connectivity index (χ3v) is 5.69. The summed E-state index contributed by atoms with van der Waals surface area (Å²) in [4.78, 5) is 4.34. The predicted molar refractivity (Wildman–Crippen MR) is 105 cm³/mol. The zero-order valence-corrected chi connectivity index (χ0v) is 15.7. The van der Waals surface area contributed by atoms with Crippen LogP contribution in [0.3, 0.4) is 0 Å². The second-order valence-corrected chi connectivity index (χ2v) is 8.08. The van der Waals surface area contributed by atoms with E-state index in [0.717, 1.165) is 10.9 Å². The second kappa shape index (κ2) is 7.02. The molecule has 0 aliphatic heterocycles. The van der Waals surface area contributed by atoms with E-state index in [1.54, 1.807) is 41.3 Å². The van der Waals surface area contributed by atoms with Crippen molar-refractivity contribution in [3.8, 4) is 0 Å². The van der Waals surface area contributed by atoms with Crippen LogP contribution >= 0.6 is 11.6 Å². The number of anilines is 1. The quantitative estimate of drug-likeness (QED) is 0.552. The monoisotopic (exact) mass is 398 g/mol. The largest absolute Gasteiger partial charge is 0.276 e. The maximum absolute atomic E-state index is 12.8. The summed E-state index contributed by atoms with van der Waals surface area (Å²) in [6, 6.07) is 16.1. The molecule has 2 aromatic carbocycles. The van der Waals surface area contributed by atoms with Crippen molar-refractivity contribution in [2.45, 2.75) is 11.4 Å². The summed E-state index contributed by atoms with van der Waals surface area (Å²) in [5, 5.41) is 5.64. The summed E-state index contributed by atoms with van der Waals surface area (Å²) in [7, 11) is -3.79. The fraction of sp³-hybridized carbons (Fsp3) is 0.0526. The van der Waals surface area contributed by atoms with E-state index >= 15 is 0 Å². The molecule has 2 aromatic heterocycles. The summed E-state index contributed by atoms with van der Waals surface area (Å²) in [6.45, 7) is 0.509. The Morgan fingerprint density at radius 2 is 1.81 bits per heavy atom. The van der Waals surface area contributed by atoms with Gasteiger partial charge in [0.1, 0.15) is 4.90 Å². The van der Waals surface area contributed by atoms with E-state index in [1.807, 2.05) is 24.3 Å². The Kier molecular flexibility index (Phi) is 4.55. The first kappa shape index (κ1) is 17.5. The number of halogens is 1. The molecule has 0 unspecified atom stereocenters. The number of fused-ring (bicyclic) bond motifs is 1. The standard InChI is InChI=1S/C19H15ClN4O2S/c20-16-8-6-14(7-9-16)12-24-13-17(11-22-24)23-27(25,26)18-5-1-3-15-4-2-10-21-19(15)18/h1-11,13,23H,12H2. The minimum Gasteiger partial charge on any atom is -0.276 e. The Bertz CT molecular complexity index is 1200. The van der Waals surface area contributed by atoms with E-state index in [1.165, 1.54) is 12.3 Å². The van der Waals surface area contributed by atoms with Crippen LogP contribution in [0.15, 0.2) is 78.1 Å². The molecule has 2 heterocycles. The zero-order valence-electron chi connectivity index (χ0n) is 14.1. The molecule has 0 saturated carbocycles. The smallest absolute Gasteiger partial charge is 0.264 e. The summed E-state index contributed by atoms with van der Waals surface area (Å²) in [5.41, 5.74) is 1.83. The molecule has 0 saturated heterocycles. The highest BCUT2D eigenvalue weighted by Crippen LogP contribution is 2.23. The number of nitrogens with zero attached hydrogens (tertiary/aromatic N) is 3. The molecule has 4 rings (SSSR count). The first-order valence-electron chi connectivity index (χ1n) is 8.15. The van der Waals surface area contributed by atoms with E-state index in [9.17, 15) is 8.42 Å². The molecule has 0 atom stereocenters. The maximum atomic E-state index is 12.8. The van der Waals surface area contributed by atoms with Gasteiger partial charge >= 0.3 is 0 Å². The van der Waals surface area contributed by atoms with E-state index in [2.05, 4.69) is 14.8 Å². The van der Waals surface area contributed by atoms with Crippen molar-refractivity contribution < 1.29 is 8.42 Å². The lowest BCUT2D eigenvalue weighted by molar-refractivity contribution is 0.602. The van der Waals surface area contributed by atoms with E-state index in [4.69, 9.17) is 11.6 Å². The molecule has 0 aliphatic rings. The molecule has 1 N–H and O–H groups in total. The van der Waals surface area contributed by atoms with Gasteiger partial charge in [0.15, 0.2) is 0 Å². The van der Waals surface area contributed by atoms with Crippen molar-refractivity contribution in [2.75, 3.05) is 4.72 Å². The van der Waals surface area contributed by atoms with Crippen molar-refractivity contribution in [1.29, 1.82) is 0 Å². The lowest BCUT2D eigenvalue weighted by Gasteiger charge is -2.08. The van der Waals surface area contributed by atoms with Gasteiger partial charge in [0.25, 0.3) is 10.0 Å². The molecular formula is C19H15ClN4O2S. The van der Waals surface area contributed by atoms with Crippen LogP contribution in [0.25, 0.3) is 10.9 Å². The highest BCUT2D eigenvalue weighted by molar-refractivity contribution is 7.93.